The Labute approximate surface area is 178 Å². The first kappa shape index (κ1) is 24.0. The third kappa shape index (κ3) is 8.18. The molecular weight excluding hydrogens is 362 g/mol. The maximum atomic E-state index is 9.84. The van der Waals surface area contributed by atoms with E-state index < -0.39 is 5.54 Å². The Bertz CT molecular complexity index is 600. The summed E-state index contributed by atoms with van der Waals surface area (Å²) in [5.41, 5.74) is 7.14. The van der Waals surface area contributed by atoms with E-state index >= 15 is 0 Å². The average molecular weight is 406 g/mol. The molecule has 1 aliphatic carbocycles. The number of hydrogen-bond donors (Lipinski definition) is 2. The molecule has 1 aromatic rings. The number of aryl methyl sites for hydroxylation is 1. The first-order valence-electron chi connectivity index (χ1n) is 11.5. The smallest absolute Gasteiger partial charge is 0.125 e. The van der Waals surface area contributed by atoms with Gasteiger partial charge in [0.15, 0.2) is 0 Å². The van der Waals surface area contributed by atoms with Crippen LogP contribution in [0.4, 0.5) is 0 Å². The van der Waals surface area contributed by atoms with Crippen LogP contribution in [0, 0.1) is 17.8 Å². The summed E-state index contributed by atoms with van der Waals surface area (Å²) in [7, 11) is 1.70. The van der Waals surface area contributed by atoms with Crippen molar-refractivity contribution in [2.45, 2.75) is 84.1 Å². The Morgan fingerprint density at radius 2 is 1.97 bits per heavy atom. The van der Waals surface area contributed by atoms with Crippen LogP contribution in [0.1, 0.15) is 77.7 Å². The van der Waals surface area contributed by atoms with Crippen LogP contribution >= 0.6 is 0 Å². The lowest BCUT2D eigenvalue weighted by atomic mass is 9.75. The van der Waals surface area contributed by atoms with Crippen LogP contribution in [-0.2, 0) is 6.42 Å². The maximum Gasteiger partial charge on any atom is 0.125 e. The molecule has 2 unspecified atom stereocenters. The highest BCUT2D eigenvalue weighted by Gasteiger charge is 2.31. The molecule has 0 spiro atoms. The Morgan fingerprint density at radius 1 is 1.21 bits per heavy atom. The molecule has 0 saturated heterocycles. The fourth-order valence-corrected chi connectivity index (χ4v) is 4.12. The molecule has 0 bridgehead atoms. The second kappa shape index (κ2) is 11.8. The van der Waals surface area contributed by atoms with Crippen molar-refractivity contribution >= 4 is 0 Å². The van der Waals surface area contributed by atoms with Crippen molar-refractivity contribution in [1.82, 2.24) is 0 Å². The van der Waals surface area contributed by atoms with Crippen molar-refractivity contribution in [3.8, 4) is 11.5 Å². The molecule has 1 saturated carbocycles. The highest BCUT2D eigenvalue weighted by atomic mass is 16.5. The van der Waals surface area contributed by atoms with Crippen LogP contribution in [-0.4, -0.2) is 31.0 Å². The Hall–Kier alpha value is -1.26. The number of aliphatic hydroxyl groups excluding tert-OH is 1. The molecule has 1 aliphatic rings. The van der Waals surface area contributed by atoms with Crippen LogP contribution in [0.15, 0.2) is 18.2 Å². The van der Waals surface area contributed by atoms with Crippen LogP contribution < -0.4 is 15.2 Å². The summed E-state index contributed by atoms with van der Waals surface area (Å²) in [6, 6.07) is 6.10. The van der Waals surface area contributed by atoms with Gasteiger partial charge in [-0.3, -0.25) is 0 Å². The maximum absolute atomic E-state index is 9.84. The monoisotopic (exact) mass is 405 g/mol. The molecule has 0 radical (unpaired) electrons. The van der Waals surface area contributed by atoms with Gasteiger partial charge in [-0.05, 0) is 55.1 Å². The van der Waals surface area contributed by atoms with E-state index in [2.05, 4.69) is 26.8 Å². The molecule has 2 rings (SSSR count). The number of ether oxygens (including phenoxy) is 2. The van der Waals surface area contributed by atoms with E-state index in [1.165, 1.54) is 38.5 Å². The number of hydrogen-bond acceptors (Lipinski definition) is 4. The van der Waals surface area contributed by atoms with Gasteiger partial charge in [-0.2, -0.15) is 0 Å². The van der Waals surface area contributed by atoms with E-state index in [-0.39, 0.29) is 6.61 Å². The Morgan fingerprint density at radius 3 is 2.55 bits per heavy atom. The summed E-state index contributed by atoms with van der Waals surface area (Å²) in [6.07, 6.45) is 10.0. The van der Waals surface area contributed by atoms with Crippen LogP contribution in [0.3, 0.4) is 0 Å². The minimum atomic E-state index is -0.489. The third-order valence-corrected chi connectivity index (χ3v) is 6.40. The van der Waals surface area contributed by atoms with Crippen LogP contribution in [0.5, 0.6) is 11.5 Å². The minimum Gasteiger partial charge on any atom is -0.496 e. The van der Waals surface area contributed by atoms with Crippen LogP contribution in [0.2, 0.25) is 0 Å². The minimum absolute atomic E-state index is 0.0434. The van der Waals surface area contributed by atoms with E-state index in [0.29, 0.717) is 11.8 Å². The fourth-order valence-electron chi connectivity index (χ4n) is 4.12. The van der Waals surface area contributed by atoms with Crippen molar-refractivity contribution in [3.05, 3.63) is 23.8 Å². The largest absolute Gasteiger partial charge is 0.496 e. The highest BCUT2D eigenvalue weighted by Crippen LogP contribution is 2.35. The zero-order valence-electron chi connectivity index (χ0n) is 19.1. The van der Waals surface area contributed by atoms with E-state index in [4.69, 9.17) is 15.2 Å². The predicted molar refractivity (Wildman–Crippen MR) is 121 cm³/mol. The first-order valence-corrected chi connectivity index (χ1v) is 11.5. The second-order valence-corrected chi connectivity index (χ2v) is 9.74. The Balaban J connectivity index is 1.85. The molecule has 2 atom stereocenters. The van der Waals surface area contributed by atoms with Gasteiger partial charge in [0, 0.05) is 11.6 Å². The van der Waals surface area contributed by atoms with Crippen molar-refractivity contribution < 1.29 is 14.6 Å². The van der Waals surface area contributed by atoms with Crippen molar-refractivity contribution in [2.75, 3.05) is 20.3 Å². The van der Waals surface area contributed by atoms with Gasteiger partial charge < -0.3 is 20.3 Å². The van der Waals surface area contributed by atoms with E-state index in [1.807, 2.05) is 12.1 Å². The molecule has 166 valence electrons. The third-order valence-electron chi connectivity index (χ3n) is 6.40. The van der Waals surface area contributed by atoms with Crippen molar-refractivity contribution in [1.29, 1.82) is 0 Å². The number of rotatable bonds is 14. The van der Waals surface area contributed by atoms with Gasteiger partial charge in [-0.25, -0.2) is 0 Å². The standard InChI is InChI=1S/C25H43NO3/c1-19(2)7-5-8-20(3)17-29-23-12-11-22(24(15-23)28-4)13-14-25(26,18-27)16-21-9-6-10-21/h11-12,15,19-21,27H,5-10,13-14,16-18,26H2,1-4H3. The number of aliphatic hydroxyl groups is 1. The van der Waals surface area contributed by atoms with Gasteiger partial charge in [0.2, 0.25) is 0 Å². The van der Waals surface area contributed by atoms with Crippen molar-refractivity contribution in [3.63, 3.8) is 0 Å². The average Bonchev–Trinajstić information content (AvgIpc) is 2.67. The van der Waals surface area contributed by atoms with Crippen molar-refractivity contribution in [2.24, 2.45) is 23.5 Å². The summed E-state index contributed by atoms with van der Waals surface area (Å²) in [4.78, 5) is 0. The Kier molecular flexibility index (Phi) is 9.78. The zero-order valence-corrected chi connectivity index (χ0v) is 19.1. The van der Waals surface area contributed by atoms with Gasteiger partial charge in [0.05, 0.1) is 20.3 Å². The summed E-state index contributed by atoms with van der Waals surface area (Å²) >= 11 is 0. The zero-order chi connectivity index (χ0) is 21.3. The summed E-state index contributed by atoms with van der Waals surface area (Å²) in [6.45, 7) is 7.58. The van der Waals surface area contributed by atoms with E-state index in [0.717, 1.165) is 48.8 Å². The topological polar surface area (TPSA) is 64.7 Å². The second-order valence-electron chi connectivity index (χ2n) is 9.74. The SMILES string of the molecule is COc1cc(OCC(C)CCCC(C)C)ccc1CCC(N)(CO)CC1CCC1. The quantitative estimate of drug-likeness (QED) is 0.438. The number of methoxy groups -OCH3 is 1. The van der Waals surface area contributed by atoms with Gasteiger partial charge in [-0.1, -0.05) is 58.9 Å². The van der Waals surface area contributed by atoms with E-state index in [9.17, 15) is 5.11 Å². The molecule has 4 nitrogen and oxygen atoms in total. The molecule has 3 N–H and O–H groups in total. The molecule has 29 heavy (non-hydrogen) atoms. The lowest BCUT2D eigenvalue weighted by molar-refractivity contribution is 0.135. The molecule has 0 aromatic heterocycles. The molecule has 1 fully saturated rings. The van der Waals surface area contributed by atoms with E-state index in [1.54, 1.807) is 7.11 Å². The molecule has 1 aromatic carbocycles. The molecule has 0 aliphatic heterocycles. The lowest BCUT2D eigenvalue weighted by Gasteiger charge is -2.36. The molecule has 0 heterocycles. The van der Waals surface area contributed by atoms with Gasteiger partial charge in [0.25, 0.3) is 0 Å². The van der Waals surface area contributed by atoms with Gasteiger partial charge in [-0.15, -0.1) is 0 Å². The molecular formula is C25H43NO3. The summed E-state index contributed by atoms with van der Waals surface area (Å²) < 4.78 is 11.6. The summed E-state index contributed by atoms with van der Waals surface area (Å²) in [5.74, 6) is 3.71. The lowest BCUT2D eigenvalue weighted by Crippen LogP contribution is -2.46. The van der Waals surface area contributed by atoms with Gasteiger partial charge >= 0.3 is 0 Å². The predicted octanol–water partition coefficient (Wildman–Crippen LogP) is 5.35. The van der Waals surface area contributed by atoms with Gasteiger partial charge in [0.1, 0.15) is 11.5 Å². The fraction of sp³-hybridized carbons (Fsp3) is 0.760. The summed E-state index contributed by atoms with van der Waals surface area (Å²) in [5, 5.41) is 9.84. The molecule has 0 amide bonds. The number of nitrogens with two attached hydrogens (primary N) is 1. The normalized spacial score (nSPS) is 17.6. The highest BCUT2D eigenvalue weighted by molar-refractivity contribution is 5.41. The molecule has 4 heteroatoms. The first-order chi connectivity index (χ1) is 13.8. The number of benzene rings is 1. The van der Waals surface area contributed by atoms with Crippen LogP contribution in [0.25, 0.3) is 0 Å².